The molecule has 0 amide bonds. The highest BCUT2D eigenvalue weighted by Gasteiger charge is 2.22. The second kappa shape index (κ2) is 12.0. The predicted octanol–water partition coefficient (Wildman–Crippen LogP) is 13.6. The van der Waals surface area contributed by atoms with Crippen molar-refractivity contribution in [3.05, 3.63) is 187 Å². The van der Waals surface area contributed by atoms with Crippen LogP contribution < -0.4 is 0 Å². The number of thiophene rings is 1. The lowest BCUT2D eigenvalue weighted by Crippen LogP contribution is -2.06. The molecule has 0 unspecified atom stereocenters. The van der Waals surface area contributed by atoms with Crippen LogP contribution >= 0.6 is 11.3 Å². The van der Waals surface area contributed by atoms with Crippen LogP contribution in [0.25, 0.3) is 80.5 Å². The quantitative estimate of drug-likeness (QED) is 0.181. The van der Waals surface area contributed by atoms with Gasteiger partial charge in [-0.25, -0.2) is 9.98 Å². The van der Waals surface area contributed by atoms with Crippen LogP contribution in [0.4, 0.5) is 0 Å². The van der Waals surface area contributed by atoms with Gasteiger partial charge >= 0.3 is 0 Å². The van der Waals surface area contributed by atoms with Crippen LogP contribution in [0.15, 0.2) is 184 Å². The van der Waals surface area contributed by atoms with Crippen molar-refractivity contribution in [2.45, 2.75) is 6.42 Å². The van der Waals surface area contributed by atoms with E-state index in [1.54, 1.807) is 0 Å². The van der Waals surface area contributed by atoms with Crippen LogP contribution in [0, 0.1) is 0 Å². The molecule has 10 aromatic rings. The van der Waals surface area contributed by atoms with Crippen molar-refractivity contribution >= 4 is 92.2 Å². The molecule has 0 N–H and O–H groups in total. The number of hydrogen-bond donors (Lipinski definition) is 0. The van der Waals surface area contributed by atoms with Crippen molar-refractivity contribution in [2.75, 3.05) is 0 Å². The van der Waals surface area contributed by atoms with E-state index in [-0.39, 0.29) is 0 Å². The second-order valence-corrected chi connectivity index (χ2v) is 14.7. The van der Waals surface area contributed by atoms with E-state index in [0.717, 1.165) is 61.2 Å². The summed E-state index contributed by atoms with van der Waals surface area (Å²) in [5, 5.41) is 9.38. The SMILES string of the molecule is C1=C(c2cccc3c2sc2ccccc23)N=C(c2cc(-c3cccc4ccccc34)cc3oc4ccccc4c23)N=C(c2ccc3ccccc3c2)C1. The highest BCUT2D eigenvalue weighted by atomic mass is 32.1. The lowest BCUT2D eigenvalue weighted by molar-refractivity contribution is 0.669. The van der Waals surface area contributed by atoms with Crippen molar-refractivity contribution in [1.82, 2.24) is 0 Å². The molecule has 3 nitrogen and oxygen atoms in total. The number of furan rings is 1. The van der Waals surface area contributed by atoms with Gasteiger partial charge in [0.25, 0.3) is 0 Å². The largest absolute Gasteiger partial charge is 0.456 e. The first-order valence-electron chi connectivity index (χ1n) is 18.0. The molecule has 1 aliphatic rings. The third-order valence-corrected chi connectivity index (χ3v) is 11.8. The minimum Gasteiger partial charge on any atom is -0.456 e. The Kier molecular flexibility index (Phi) is 6.79. The fourth-order valence-electron chi connectivity index (χ4n) is 8.01. The van der Waals surface area contributed by atoms with E-state index in [4.69, 9.17) is 14.4 Å². The molecule has 8 aromatic carbocycles. The predicted molar refractivity (Wildman–Crippen MR) is 226 cm³/mol. The molecule has 0 saturated carbocycles. The monoisotopic (exact) mass is 694 g/mol. The molecular weight excluding hydrogens is 665 g/mol. The number of rotatable bonds is 4. The molecule has 0 atom stereocenters. The fraction of sp³-hybridized carbons (Fsp3) is 0.0204. The Morgan fingerprint density at radius 2 is 1.19 bits per heavy atom. The van der Waals surface area contributed by atoms with Crippen LogP contribution in [0.3, 0.4) is 0 Å². The summed E-state index contributed by atoms with van der Waals surface area (Å²) >= 11 is 1.83. The summed E-state index contributed by atoms with van der Waals surface area (Å²) in [7, 11) is 0. The van der Waals surface area contributed by atoms with E-state index in [1.165, 1.54) is 41.7 Å². The first-order chi connectivity index (χ1) is 26.2. The Labute approximate surface area is 309 Å². The average Bonchev–Trinajstić information content (AvgIpc) is 3.70. The van der Waals surface area contributed by atoms with Gasteiger partial charge in [0.05, 0.1) is 11.4 Å². The van der Waals surface area contributed by atoms with Gasteiger partial charge in [0.2, 0.25) is 0 Å². The number of para-hydroxylation sites is 1. The maximum absolute atomic E-state index is 6.64. The summed E-state index contributed by atoms with van der Waals surface area (Å²) < 4.78 is 9.15. The molecule has 4 heteroatoms. The van der Waals surface area contributed by atoms with Crippen molar-refractivity contribution in [2.24, 2.45) is 9.98 Å². The molecular formula is C49H30N2OS. The van der Waals surface area contributed by atoms with E-state index in [1.807, 2.05) is 23.5 Å². The molecule has 1 aliphatic heterocycles. The summed E-state index contributed by atoms with van der Waals surface area (Å²) in [5.74, 6) is 0.675. The molecule has 0 radical (unpaired) electrons. The smallest absolute Gasteiger partial charge is 0.160 e. The van der Waals surface area contributed by atoms with E-state index in [9.17, 15) is 0 Å². The van der Waals surface area contributed by atoms with E-state index in [2.05, 4.69) is 158 Å². The Balaban J connectivity index is 1.20. The maximum atomic E-state index is 6.64. The van der Waals surface area contributed by atoms with E-state index < -0.39 is 0 Å². The Bertz CT molecular complexity index is 3210. The van der Waals surface area contributed by atoms with Gasteiger partial charge in [-0.05, 0) is 68.6 Å². The zero-order chi connectivity index (χ0) is 34.9. The molecule has 0 fully saturated rings. The minimum absolute atomic E-state index is 0.639. The fourth-order valence-corrected chi connectivity index (χ4v) is 9.23. The highest BCUT2D eigenvalue weighted by molar-refractivity contribution is 7.26. The number of benzene rings is 8. The molecule has 11 rings (SSSR count). The summed E-state index contributed by atoms with van der Waals surface area (Å²) in [6.45, 7) is 0. The number of nitrogens with zero attached hydrogens (tertiary/aromatic N) is 2. The summed E-state index contributed by atoms with van der Waals surface area (Å²) in [6, 6.07) is 58.2. The normalized spacial score (nSPS) is 13.5. The maximum Gasteiger partial charge on any atom is 0.160 e. The lowest BCUT2D eigenvalue weighted by Gasteiger charge is -2.12. The third kappa shape index (κ3) is 4.95. The van der Waals surface area contributed by atoms with Gasteiger partial charge in [0.1, 0.15) is 11.2 Å². The molecule has 3 heterocycles. The van der Waals surface area contributed by atoms with Gasteiger partial charge < -0.3 is 4.42 Å². The zero-order valence-corrected chi connectivity index (χ0v) is 29.4. The molecule has 248 valence electrons. The van der Waals surface area contributed by atoms with Gasteiger partial charge in [0, 0.05) is 48.5 Å². The molecule has 0 spiro atoms. The highest BCUT2D eigenvalue weighted by Crippen LogP contribution is 2.41. The molecule has 53 heavy (non-hydrogen) atoms. The van der Waals surface area contributed by atoms with Gasteiger partial charge in [-0.1, -0.05) is 140 Å². The zero-order valence-electron chi connectivity index (χ0n) is 28.6. The topological polar surface area (TPSA) is 37.9 Å². The number of fused-ring (bicyclic) bond motifs is 8. The molecule has 2 aromatic heterocycles. The minimum atomic E-state index is 0.639. The van der Waals surface area contributed by atoms with E-state index in [0.29, 0.717) is 12.3 Å². The number of aliphatic imine (C=N–C) groups is 2. The standard InChI is InChI=1S/C49H30N2OS/c1-2-13-32-27-33(24-23-30(32)11-1)42-25-26-43(39-20-10-19-38-37-16-6-8-22-46(37)53-48(38)39)51-49(50-42)41-28-34(36-18-9-14-31-12-3-4-15-35(31)36)29-45-47(41)40-17-5-7-21-44(40)52-45/h1-24,26-29H,25H2. The summed E-state index contributed by atoms with van der Waals surface area (Å²) in [4.78, 5) is 11.1. The average molecular weight is 695 g/mol. The van der Waals surface area contributed by atoms with Crippen molar-refractivity contribution in [3.63, 3.8) is 0 Å². The number of allylic oxidation sites excluding steroid dienone is 1. The summed E-state index contributed by atoms with van der Waals surface area (Å²) in [6.07, 6.45) is 2.90. The molecule has 0 saturated heterocycles. The van der Waals surface area contributed by atoms with Gasteiger partial charge in [-0.3, -0.25) is 0 Å². The van der Waals surface area contributed by atoms with Crippen LogP contribution in [0.1, 0.15) is 23.1 Å². The van der Waals surface area contributed by atoms with Crippen molar-refractivity contribution < 1.29 is 4.42 Å². The van der Waals surface area contributed by atoms with Crippen molar-refractivity contribution in [1.29, 1.82) is 0 Å². The second-order valence-electron chi connectivity index (χ2n) is 13.7. The van der Waals surface area contributed by atoms with Crippen LogP contribution in [0.5, 0.6) is 0 Å². The first kappa shape index (κ1) is 30.0. The lowest BCUT2D eigenvalue weighted by atomic mass is 9.94. The van der Waals surface area contributed by atoms with Gasteiger partial charge in [0.15, 0.2) is 5.84 Å². The number of amidine groups is 1. The Morgan fingerprint density at radius 3 is 2.11 bits per heavy atom. The molecule has 0 aliphatic carbocycles. The van der Waals surface area contributed by atoms with Crippen LogP contribution in [0.2, 0.25) is 0 Å². The Hall–Kier alpha value is -6.62. The summed E-state index contributed by atoms with van der Waals surface area (Å²) in [5.41, 5.74) is 8.93. The molecule has 0 bridgehead atoms. The van der Waals surface area contributed by atoms with Crippen molar-refractivity contribution in [3.8, 4) is 11.1 Å². The Morgan fingerprint density at radius 1 is 0.472 bits per heavy atom. The van der Waals surface area contributed by atoms with Gasteiger partial charge in [-0.2, -0.15) is 0 Å². The third-order valence-electron chi connectivity index (χ3n) is 10.5. The van der Waals surface area contributed by atoms with E-state index >= 15 is 0 Å². The van der Waals surface area contributed by atoms with Gasteiger partial charge in [-0.15, -0.1) is 11.3 Å². The van der Waals surface area contributed by atoms with Crippen LogP contribution in [-0.2, 0) is 0 Å². The van der Waals surface area contributed by atoms with Crippen LogP contribution in [-0.4, -0.2) is 11.5 Å². The first-order valence-corrected chi connectivity index (χ1v) is 18.8. The number of hydrogen-bond acceptors (Lipinski definition) is 4.